The highest BCUT2D eigenvalue weighted by Gasteiger charge is 2.09. The lowest BCUT2D eigenvalue weighted by molar-refractivity contribution is 0.871. The first-order valence-electron chi connectivity index (χ1n) is 5.09. The van der Waals surface area contributed by atoms with Gasteiger partial charge in [0.05, 0.1) is 11.9 Å². The average Bonchev–Trinajstić information content (AvgIpc) is 2.59. The molecule has 0 aliphatic heterocycles. The maximum Gasteiger partial charge on any atom is 0.159 e. The highest BCUT2D eigenvalue weighted by Crippen LogP contribution is 2.19. The van der Waals surface area contributed by atoms with Gasteiger partial charge in [0.1, 0.15) is 0 Å². The fourth-order valence-corrected chi connectivity index (χ4v) is 1.53. The molecule has 2 aromatic heterocycles. The van der Waals surface area contributed by atoms with Crippen molar-refractivity contribution in [2.24, 2.45) is 0 Å². The first-order chi connectivity index (χ1) is 7.09. The van der Waals surface area contributed by atoms with Crippen molar-refractivity contribution in [3.05, 3.63) is 36.3 Å². The second kappa shape index (κ2) is 3.50. The molecule has 0 unspecified atom stereocenters. The van der Waals surface area contributed by atoms with Gasteiger partial charge in [0.2, 0.25) is 0 Å². The highest BCUT2D eigenvalue weighted by atomic mass is 15.2. The third-order valence-corrected chi connectivity index (χ3v) is 2.46. The van der Waals surface area contributed by atoms with E-state index in [4.69, 9.17) is 0 Å². The topological polar surface area (TPSA) is 30.2 Å². The molecule has 0 amide bonds. The van der Waals surface area contributed by atoms with E-state index in [0.717, 1.165) is 16.9 Å². The summed E-state index contributed by atoms with van der Waals surface area (Å²) in [5, 5.41) is 4.26. The first-order valence-corrected chi connectivity index (χ1v) is 5.09. The van der Waals surface area contributed by atoms with Crippen LogP contribution in [0.5, 0.6) is 0 Å². The maximum absolute atomic E-state index is 4.56. The van der Waals surface area contributed by atoms with E-state index in [-0.39, 0.29) is 0 Å². The Kier molecular flexibility index (Phi) is 2.31. The molecule has 0 fully saturated rings. The van der Waals surface area contributed by atoms with Gasteiger partial charge in [0.15, 0.2) is 5.65 Å². The van der Waals surface area contributed by atoms with E-state index in [2.05, 4.69) is 30.5 Å². The van der Waals surface area contributed by atoms with Crippen molar-refractivity contribution in [3.8, 4) is 0 Å². The summed E-state index contributed by atoms with van der Waals surface area (Å²) in [4.78, 5) is 4.56. The van der Waals surface area contributed by atoms with Gasteiger partial charge in [-0.3, -0.25) is 0 Å². The Morgan fingerprint density at radius 2 is 2.20 bits per heavy atom. The number of rotatable bonds is 2. The van der Waals surface area contributed by atoms with Crippen LogP contribution >= 0.6 is 0 Å². The van der Waals surface area contributed by atoms with E-state index in [1.54, 1.807) is 0 Å². The highest BCUT2D eigenvalue weighted by molar-refractivity contribution is 5.61. The standard InChI is InChI=1S/C12H15N3/c1-8(2)10-7-13-15-6-5-11(9(3)4)14-12(10)15/h5-8H,3H2,1-2,4H3. The number of hydrogen-bond donors (Lipinski definition) is 0. The fourth-order valence-electron chi connectivity index (χ4n) is 1.53. The summed E-state index contributed by atoms with van der Waals surface area (Å²) in [6, 6.07) is 1.94. The van der Waals surface area contributed by atoms with Crippen LogP contribution in [-0.4, -0.2) is 14.6 Å². The predicted molar refractivity (Wildman–Crippen MR) is 61.8 cm³/mol. The SMILES string of the molecule is C=C(C)c1ccn2ncc(C(C)C)c2n1. The van der Waals surface area contributed by atoms with Gasteiger partial charge in [0.25, 0.3) is 0 Å². The summed E-state index contributed by atoms with van der Waals surface area (Å²) in [5.74, 6) is 0.440. The second-order valence-electron chi connectivity index (χ2n) is 4.12. The Bertz CT molecular complexity index is 509. The van der Waals surface area contributed by atoms with E-state index in [1.807, 2.05) is 29.9 Å². The first kappa shape index (κ1) is 9.90. The monoisotopic (exact) mass is 201 g/mol. The van der Waals surface area contributed by atoms with Crippen LogP contribution in [-0.2, 0) is 0 Å². The molecule has 0 N–H and O–H groups in total. The van der Waals surface area contributed by atoms with E-state index in [9.17, 15) is 0 Å². The van der Waals surface area contributed by atoms with Crippen LogP contribution in [0.3, 0.4) is 0 Å². The normalized spacial score (nSPS) is 11.2. The predicted octanol–water partition coefficient (Wildman–Crippen LogP) is 2.89. The lowest BCUT2D eigenvalue weighted by atomic mass is 10.1. The van der Waals surface area contributed by atoms with E-state index >= 15 is 0 Å². The van der Waals surface area contributed by atoms with Crippen molar-refractivity contribution in [2.45, 2.75) is 26.7 Å². The molecule has 3 heteroatoms. The van der Waals surface area contributed by atoms with Crippen LogP contribution in [0.15, 0.2) is 25.0 Å². The zero-order chi connectivity index (χ0) is 11.0. The van der Waals surface area contributed by atoms with Crippen LogP contribution in [0.4, 0.5) is 0 Å². The number of allylic oxidation sites excluding steroid dienone is 1. The Hall–Kier alpha value is -1.64. The molecule has 0 spiro atoms. The molecule has 0 saturated carbocycles. The minimum absolute atomic E-state index is 0.440. The molecule has 0 aliphatic rings. The Balaban J connectivity index is 2.66. The molecular weight excluding hydrogens is 186 g/mol. The van der Waals surface area contributed by atoms with Gasteiger partial charge in [-0.05, 0) is 24.5 Å². The Labute approximate surface area is 89.5 Å². The summed E-state index contributed by atoms with van der Waals surface area (Å²) < 4.78 is 1.81. The third kappa shape index (κ3) is 1.65. The van der Waals surface area contributed by atoms with Crippen molar-refractivity contribution in [1.82, 2.24) is 14.6 Å². The van der Waals surface area contributed by atoms with Crippen LogP contribution in [0, 0.1) is 0 Å². The smallest absolute Gasteiger partial charge is 0.159 e. The molecule has 3 nitrogen and oxygen atoms in total. The number of nitrogens with zero attached hydrogens (tertiary/aromatic N) is 3. The summed E-state index contributed by atoms with van der Waals surface area (Å²) in [6.07, 6.45) is 3.81. The minimum Gasteiger partial charge on any atom is -0.229 e. The van der Waals surface area contributed by atoms with Crippen molar-refractivity contribution in [3.63, 3.8) is 0 Å². The summed E-state index contributed by atoms with van der Waals surface area (Å²) in [6.45, 7) is 10.2. The van der Waals surface area contributed by atoms with Gasteiger partial charge in [0, 0.05) is 11.8 Å². The Morgan fingerprint density at radius 1 is 1.47 bits per heavy atom. The Morgan fingerprint density at radius 3 is 2.80 bits per heavy atom. The lowest BCUT2D eigenvalue weighted by Gasteiger charge is -2.03. The lowest BCUT2D eigenvalue weighted by Crippen LogP contribution is -1.95. The van der Waals surface area contributed by atoms with Gasteiger partial charge < -0.3 is 0 Å². The molecule has 2 aromatic rings. The quantitative estimate of drug-likeness (QED) is 0.747. The fraction of sp³-hybridized carbons (Fsp3) is 0.333. The summed E-state index contributed by atoms with van der Waals surface area (Å²) in [5.41, 5.74) is 4.03. The van der Waals surface area contributed by atoms with Gasteiger partial charge in [-0.1, -0.05) is 20.4 Å². The van der Waals surface area contributed by atoms with Crippen molar-refractivity contribution in [1.29, 1.82) is 0 Å². The van der Waals surface area contributed by atoms with Crippen molar-refractivity contribution in [2.75, 3.05) is 0 Å². The van der Waals surface area contributed by atoms with Crippen LogP contribution in [0.1, 0.15) is 37.9 Å². The third-order valence-electron chi connectivity index (χ3n) is 2.46. The van der Waals surface area contributed by atoms with E-state index < -0.39 is 0 Å². The van der Waals surface area contributed by atoms with Crippen LogP contribution in [0.2, 0.25) is 0 Å². The number of fused-ring (bicyclic) bond motifs is 1. The minimum atomic E-state index is 0.440. The maximum atomic E-state index is 4.56. The molecule has 2 heterocycles. The number of hydrogen-bond acceptors (Lipinski definition) is 2. The molecule has 0 bridgehead atoms. The van der Waals surface area contributed by atoms with Crippen molar-refractivity contribution < 1.29 is 0 Å². The molecular formula is C12H15N3. The molecule has 78 valence electrons. The largest absolute Gasteiger partial charge is 0.229 e. The zero-order valence-electron chi connectivity index (χ0n) is 9.36. The van der Waals surface area contributed by atoms with E-state index in [1.165, 1.54) is 5.56 Å². The molecule has 0 aliphatic carbocycles. The van der Waals surface area contributed by atoms with Gasteiger partial charge >= 0.3 is 0 Å². The molecule has 0 atom stereocenters. The van der Waals surface area contributed by atoms with Crippen LogP contribution in [0.25, 0.3) is 11.2 Å². The van der Waals surface area contributed by atoms with Gasteiger partial charge in [-0.2, -0.15) is 5.10 Å². The van der Waals surface area contributed by atoms with Gasteiger partial charge in [-0.15, -0.1) is 0 Å². The average molecular weight is 201 g/mol. The van der Waals surface area contributed by atoms with Gasteiger partial charge in [-0.25, -0.2) is 9.50 Å². The van der Waals surface area contributed by atoms with Crippen molar-refractivity contribution >= 4 is 11.2 Å². The molecule has 2 rings (SSSR count). The zero-order valence-corrected chi connectivity index (χ0v) is 9.36. The molecule has 0 saturated heterocycles. The molecule has 15 heavy (non-hydrogen) atoms. The summed E-state index contributed by atoms with van der Waals surface area (Å²) in [7, 11) is 0. The number of aromatic nitrogens is 3. The van der Waals surface area contributed by atoms with E-state index in [0.29, 0.717) is 5.92 Å². The summed E-state index contributed by atoms with van der Waals surface area (Å²) >= 11 is 0. The van der Waals surface area contributed by atoms with Crippen LogP contribution < -0.4 is 0 Å². The molecule has 0 aromatic carbocycles. The second-order valence-corrected chi connectivity index (χ2v) is 4.12. The molecule has 0 radical (unpaired) electrons.